The molecule has 1 aliphatic heterocycles. The minimum absolute atomic E-state index is 0.207. The number of hydrogen-bond acceptors (Lipinski definition) is 6. The number of ether oxygens (including phenoxy) is 2. The first-order valence-corrected chi connectivity index (χ1v) is 9.84. The third-order valence-corrected chi connectivity index (χ3v) is 5.66. The van der Waals surface area contributed by atoms with Crippen LogP contribution in [0.3, 0.4) is 0 Å². The molecule has 2 fully saturated rings. The molecule has 3 aromatic rings. The van der Waals surface area contributed by atoms with Gasteiger partial charge in [-0.05, 0) is 49.4 Å². The average Bonchev–Trinajstić information content (AvgIpc) is 3.19. The van der Waals surface area contributed by atoms with E-state index in [2.05, 4.69) is 9.97 Å². The summed E-state index contributed by atoms with van der Waals surface area (Å²) >= 11 is 6.23. The second-order valence-electron chi connectivity index (χ2n) is 7.38. The molecule has 5 rings (SSSR count). The normalized spacial score (nSPS) is 23.2. The standard InChI is InChI=1S/C20H21ClN4O3/c21-14-4-1-11(9-16(14)27-12-2-3-12)18(26)15-5-6-17(28-15)25-8-7-13-19(22)23-10-24-20(13)25/h1,4,7-10,12,15,17-18,26H,2-3,5-6H2,(H2,22,23,24)/t15-,17+,18?/m0/s1. The Hall–Kier alpha value is -2.35. The fourth-order valence-electron chi connectivity index (χ4n) is 3.68. The molecule has 0 bridgehead atoms. The number of rotatable bonds is 5. The van der Waals surface area contributed by atoms with Gasteiger partial charge in [0.05, 0.1) is 22.6 Å². The van der Waals surface area contributed by atoms with Crippen LogP contribution in [-0.2, 0) is 4.74 Å². The maximum absolute atomic E-state index is 10.9. The largest absolute Gasteiger partial charge is 0.489 e. The van der Waals surface area contributed by atoms with Crippen LogP contribution < -0.4 is 10.5 Å². The van der Waals surface area contributed by atoms with Crippen LogP contribution in [0.25, 0.3) is 11.0 Å². The van der Waals surface area contributed by atoms with Crippen LogP contribution in [-0.4, -0.2) is 31.8 Å². The van der Waals surface area contributed by atoms with E-state index in [-0.39, 0.29) is 18.4 Å². The lowest BCUT2D eigenvalue weighted by Gasteiger charge is -2.21. The van der Waals surface area contributed by atoms with Gasteiger partial charge in [-0.3, -0.25) is 0 Å². The molecule has 0 amide bonds. The van der Waals surface area contributed by atoms with Crippen molar-refractivity contribution in [1.29, 1.82) is 0 Å². The average molecular weight is 401 g/mol. The summed E-state index contributed by atoms with van der Waals surface area (Å²) in [7, 11) is 0. The van der Waals surface area contributed by atoms with Crippen LogP contribution in [0.4, 0.5) is 5.82 Å². The van der Waals surface area contributed by atoms with E-state index in [4.69, 9.17) is 26.8 Å². The number of aliphatic hydroxyl groups excluding tert-OH is 1. The van der Waals surface area contributed by atoms with E-state index in [9.17, 15) is 5.11 Å². The van der Waals surface area contributed by atoms with Gasteiger partial charge in [0, 0.05) is 6.20 Å². The van der Waals surface area contributed by atoms with Crippen LogP contribution in [0.5, 0.6) is 5.75 Å². The molecule has 3 heterocycles. The number of fused-ring (bicyclic) bond motifs is 1. The smallest absolute Gasteiger partial charge is 0.147 e. The highest BCUT2D eigenvalue weighted by Gasteiger charge is 2.34. The van der Waals surface area contributed by atoms with Gasteiger partial charge in [-0.1, -0.05) is 17.7 Å². The Morgan fingerprint density at radius 2 is 2.07 bits per heavy atom. The molecule has 1 saturated heterocycles. The second-order valence-corrected chi connectivity index (χ2v) is 7.78. The summed E-state index contributed by atoms with van der Waals surface area (Å²) in [5, 5.41) is 12.2. The first kappa shape index (κ1) is 17.7. The van der Waals surface area contributed by atoms with E-state index in [1.807, 2.05) is 29.0 Å². The number of nitrogens with zero attached hydrogens (tertiary/aromatic N) is 3. The van der Waals surface area contributed by atoms with E-state index in [1.54, 1.807) is 6.07 Å². The fraction of sp³-hybridized carbons (Fsp3) is 0.400. The van der Waals surface area contributed by atoms with E-state index in [0.717, 1.165) is 42.3 Å². The zero-order valence-corrected chi connectivity index (χ0v) is 15.9. The molecule has 2 aromatic heterocycles. The summed E-state index contributed by atoms with van der Waals surface area (Å²) in [5.74, 6) is 1.07. The molecule has 1 saturated carbocycles. The summed E-state index contributed by atoms with van der Waals surface area (Å²) in [6.45, 7) is 0. The number of halogens is 1. The molecule has 0 radical (unpaired) electrons. The van der Waals surface area contributed by atoms with Crippen molar-refractivity contribution in [3.63, 3.8) is 0 Å². The Kier molecular flexibility index (Phi) is 4.38. The Balaban J connectivity index is 1.34. The van der Waals surface area contributed by atoms with Gasteiger partial charge in [0.15, 0.2) is 0 Å². The van der Waals surface area contributed by atoms with Crippen molar-refractivity contribution in [2.75, 3.05) is 5.73 Å². The summed E-state index contributed by atoms with van der Waals surface area (Å²) in [6, 6.07) is 7.30. The van der Waals surface area contributed by atoms with Crippen molar-refractivity contribution in [3.05, 3.63) is 47.4 Å². The zero-order valence-electron chi connectivity index (χ0n) is 15.2. The lowest BCUT2D eigenvalue weighted by molar-refractivity contribution is -0.0590. The van der Waals surface area contributed by atoms with Gasteiger partial charge in [-0.25, -0.2) is 9.97 Å². The molecule has 1 aromatic carbocycles. The summed E-state index contributed by atoms with van der Waals surface area (Å²) in [4.78, 5) is 8.35. The molecule has 3 atom stereocenters. The molecular formula is C20H21ClN4O3. The van der Waals surface area contributed by atoms with Crippen LogP contribution in [0.15, 0.2) is 36.8 Å². The van der Waals surface area contributed by atoms with Gasteiger partial charge in [0.2, 0.25) is 0 Å². The maximum Gasteiger partial charge on any atom is 0.147 e. The van der Waals surface area contributed by atoms with Crippen LogP contribution >= 0.6 is 11.6 Å². The van der Waals surface area contributed by atoms with Crippen molar-refractivity contribution in [2.24, 2.45) is 0 Å². The van der Waals surface area contributed by atoms with Crippen molar-refractivity contribution in [2.45, 2.75) is 50.2 Å². The van der Waals surface area contributed by atoms with Gasteiger partial charge in [0.1, 0.15) is 35.9 Å². The number of anilines is 1. The highest BCUT2D eigenvalue weighted by atomic mass is 35.5. The minimum Gasteiger partial charge on any atom is -0.489 e. The molecule has 2 aliphatic rings. The number of aliphatic hydroxyl groups is 1. The Bertz CT molecular complexity index is 1020. The van der Waals surface area contributed by atoms with E-state index >= 15 is 0 Å². The van der Waals surface area contributed by atoms with Gasteiger partial charge < -0.3 is 24.9 Å². The molecule has 28 heavy (non-hydrogen) atoms. The van der Waals surface area contributed by atoms with Gasteiger partial charge in [-0.2, -0.15) is 0 Å². The molecule has 1 unspecified atom stereocenters. The molecule has 1 aliphatic carbocycles. The third-order valence-electron chi connectivity index (χ3n) is 5.35. The number of hydrogen-bond donors (Lipinski definition) is 2. The summed E-state index contributed by atoms with van der Waals surface area (Å²) in [5.41, 5.74) is 7.40. The topological polar surface area (TPSA) is 95.4 Å². The van der Waals surface area contributed by atoms with E-state index in [1.165, 1.54) is 6.33 Å². The van der Waals surface area contributed by atoms with Gasteiger partial charge in [0.25, 0.3) is 0 Å². The summed E-state index contributed by atoms with van der Waals surface area (Å²) < 4.78 is 14.0. The minimum atomic E-state index is -0.759. The van der Waals surface area contributed by atoms with Crippen molar-refractivity contribution < 1.29 is 14.6 Å². The van der Waals surface area contributed by atoms with Crippen molar-refractivity contribution in [3.8, 4) is 5.75 Å². The molecule has 3 N–H and O–H groups in total. The SMILES string of the molecule is Nc1ncnc2c1ccn2[C@H]1CC[C@@H](C(O)c2ccc(Cl)c(OC3CC3)c2)O1. The maximum atomic E-state index is 10.9. The monoisotopic (exact) mass is 400 g/mol. The third kappa shape index (κ3) is 3.19. The highest BCUT2D eigenvalue weighted by molar-refractivity contribution is 6.32. The van der Waals surface area contributed by atoms with Crippen LogP contribution in [0.2, 0.25) is 5.02 Å². The van der Waals surface area contributed by atoms with E-state index in [0.29, 0.717) is 16.6 Å². The Labute approximate surface area is 167 Å². The fourth-order valence-corrected chi connectivity index (χ4v) is 3.84. The molecule has 8 heteroatoms. The van der Waals surface area contributed by atoms with Crippen LogP contribution in [0, 0.1) is 0 Å². The van der Waals surface area contributed by atoms with Crippen molar-refractivity contribution in [1.82, 2.24) is 14.5 Å². The first-order valence-electron chi connectivity index (χ1n) is 9.47. The molecule has 0 spiro atoms. The van der Waals surface area contributed by atoms with Crippen LogP contribution in [0.1, 0.15) is 43.6 Å². The van der Waals surface area contributed by atoms with E-state index < -0.39 is 6.10 Å². The molecule has 7 nitrogen and oxygen atoms in total. The van der Waals surface area contributed by atoms with Gasteiger partial charge >= 0.3 is 0 Å². The highest BCUT2D eigenvalue weighted by Crippen LogP contribution is 2.39. The number of nitrogens with two attached hydrogens (primary N) is 1. The number of nitrogen functional groups attached to an aromatic ring is 1. The lowest BCUT2D eigenvalue weighted by Crippen LogP contribution is -2.19. The zero-order chi connectivity index (χ0) is 19.3. The summed E-state index contributed by atoms with van der Waals surface area (Å²) in [6.07, 6.45) is 5.91. The first-order chi connectivity index (χ1) is 13.6. The number of benzene rings is 1. The predicted molar refractivity (Wildman–Crippen MR) is 105 cm³/mol. The number of aromatic nitrogens is 3. The van der Waals surface area contributed by atoms with Crippen molar-refractivity contribution >= 4 is 28.5 Å². The molecular weight excluding hydrogens is 380 g/mol. The van der Waals surface area contributed by atoms with Gasteiger partial charge in [-0.15, -0.1) is 0 Å². The lowest BCUT2D eigenvalue weighted by atomic mass is 10.0. The second kappa shape index (κ2) is 6.92. The quantitative estimate of drug-likeness (QED) is 0.679. The Morgan fingerprint density at radius 1 is 1.21 bits per heavy atom. The Morgan fingerprint density at radius 3 is 2.89 bits per heavy atom. The molecule has 146 valence electrons. The predicted octanol–water partition coefficient (Wildman–Crippen LogP) is 3.62.